The fourth-order valence-corrected chi connectivity index (χ4v) is 3.29. The van der Waals surface area contributed by atoms with Crippen molar-refractivity contribution in [3.8, 4) is 0 Å². The van der Waals surface area contributed by atoms with Gasteiger partial charge in [-0.3, -0.25) is 9.59 Å². The molecule has 0 aliphatic carbocycles. The van der Waals surface area contributed by atoms with Crippen LogP contribution in [0.25, 0.3) is 0 Å². The molecule has 0 radical (unpaired) electrons. The van der Waals surface area contributed by atoms with E-state index in [0.717, 1.165) is 22.4 Å². The van der Waals surface area contributed by atoms with Crippen LogP contribution in [0.1, 0.15) is 28.7 Å². The molecule has 24 heavy (non-hydrogen) atoms. The lowest BCUT2D eigenvalue weighted by molar-refractivity contribution is -0.121. The van der Waals surface area contributed by atoms with Gasteiger partial charge in [0.2, 0.25) is 5.91 Å². The molecule has 4 heteroatoms. The fraction of sp³-hybridized carbons (Fsp3) is 0.300. The van der Waals surface area contributed by atoms with Gasteiger partial charge >= 0.3 is 0 Å². The number of nitrogens with one attached hydrogen (secondary N) is 1. The van der Waals surface area contributed by atoms with Crippen LogP contribution in [-0.4, -0.2) is 17.9 Å². The quantitative estimate of drug-likeness (QED) is 0.877. The molecule has 1 heterocycles. The molecule has 124 valence electrons. The topological polar surface area (TPSA) is 49.4 Å². The summed E-state index contributed by atoms with van der Waals surface area (Å²) in [5, 5.41) is 3.28. The molecule has 2 amide bonds. The Morgan fingerprint density at radius 1 is 0.917 bits per heavy atom. The normalized spacial score (nSPS) is 17.5. The summed E-state index contributed by atoms with van der Waals surface area (Å²) in [6, 6.07) is 11.1. The Morgan fingerprint density at radius 2 is 1.50 bits per heavy atom. The predicted molar refractivity (Wildman–Crippen MR) is 96.4 cm³/mol. The summed E-state index contributed by atoms with van der Waals surface area (Å²) in [5.74, 6) is -0.355. The van der Waals surface area contributed by atoms with E-state index in [0.29, 0.717) is 5.69 Å². The molecule has 1 atom stereocenters. The fourth-order valence-electron chi connectivity index (χ4n) is 3.29. The van der Waals surface area contributed by atoms with E-state index >= 15 is 0 Å². The van der Waals surface area contributed by atoms with Crippen molar-refractivity contribution in [2.45, 2.75) is 40.2 Å². The predicted octanol–water partition coefficient (Wildman–Crippen LogP) is 3.66. The summed E-state index contributed by atoms with van der Waals surface area (Å²) in [6.45, 7) is 8.06. The summed E-state index contributed by atoms with van der Waals surface area (Å²) in [6.07, 6.45) is 0.180. The van der Waals surface area contributed by atoms with Crippen molar-refractivity contribution < 1.29 is 9.59 Å². The molecule has 1 N–H and O–H groups in total. The molecule has 0 unspecified atom stereocenters. The largest absolute Gasteiger partial charge is 0.373 e. The minimum Gasteiger partial charge on any atom is -0.373 e. The number of carbonyl (C=O) groups excluding carboxylic acids is 2. The Balaban J connectivity index is 1.86. The molecule has 1 saturated heterocycles. The maximum atomic E-state index is 12.7. The van der Waals surface area contributed by atoms with Crippen LogP contribution in [0, 0.1) is 27.7 Å². The average molecular weight is 322 g/mol. The highest BCUT2D eigenvalue weighted by Gasteiger charge is 2.39. The Labute approximate surface area is 142 Å². The highest BCUT2D eigenvalue weighted by molar-refractivity contribution is 6.23. The zero-order valence-corrected chi connectivity index (χ0v) is 14.5. The molecule has 1 fully saturated rings. The van der Waals surface area contributed by atoms with Gasteiger partial charge in [-0.2, -0.15) is 0 Å². The second-order valence-electron chi connectivity index (χ2n) is 6.58. The average Bonchev–Trinajstić information content (AvgIpc) is 2.78. The molecule has 3 rings (SSSR count). The minimum absolute atomic E-state index is 0.163. The Morgan fingerprint density at radius 3 is 2.08 bits per heavy atom. The van der Waals surface area contributed by atoms with Crippen LogP contribution in [0.3, 0.4) is 0 Å². The maximum Gasteiger partial charge on any atom is 0.256 e. The third-order valence-electron chi connectivity index (χ3n) is 4.43. The second-order valence-corrected chi connectivity index (χ2v) is 6.58. The highest BCUT2D eigenvalue weighted by Crippen LogP contribution is 2.28. The maximum absolute atomic E-state index is 12.7. The highest BCUT2D eigenvalue weighted by atomic mass is 16.2. The van der Waals surface area contributed by atoms with Crippen LogP contribution in [0.4, 0.5) is 11.4 Å². The molecule has 1 aliphatic rings. The number of anilines is 2. The van der Waals surface area contributed by atoms with Gasteiger partial charge in [0, 0.05) is 5.69 Å². The SMILES string of the molecule is Cc1ccc(N2C(=O)C[C@H](Nc3c(C)cc(C)cc3C)C2=O)cc1. The molecular weight excluding hydrogens is 300 g/mol. The van der Waals surface area contributed by atoms with Crippen LogP contribution in [0.2, 0.25) is 0 Å². The number of nitrogens with zero attached hydrogens (tertiary/aromatic N) is 1. The first-order valence-corrected chi connectivity index (χ1v) is 8.14. The molecule has 0 aromatic heterocycles. The lowest BCUT2D eigenvalue weighted by Crippen LogP contribution is -2.35. The van der Waals surface area contributed by atoms with Crippen LogP contribution in [-0.2, 0) is 9.59 Å². The first-order chi connectivity index (χ1) is 11.4. The molecule has 0 saturated carbocycles. The number of benzene rings is 2. The van der Waals surface area contributed by atoms with E-state index < -0.39 is 6.04 Å². The van der Waals surface area contributed by atoms with Crippen molar-refractivity contribution in [3.63, 3.8) is 0 Å². The monoisotopic (exact) mass is 322 g/mol. The summed E-state index contributed by atoms with van der Waals surface area (Å²) >= 11 is 0. The van der Waals surface area contributed by atoms with Crippen molar-refractivity contribution in [3.05, 3.63) is 58.7 Å². The Kier molecular flexibility index (Phi) is 4.14. The summed E-state index contributed by atoms with van der Waals surface area (Å²) in [5.41, 5.74) is 6.03. The van der Waals surface area contributed by atoms with E-state index in [1.165, 1.54) is 10.5 Å². The number of hydrogen-bond donors (Lipinski definition) is 1. The molecule has 0 bridgehead atoms. The van der Waals surface area contributed by atoms with Gasteiger partial charge in [0.1, 0.15) is 6.04 Å². The van der Waals surface area contributed by atoms with Crippen LogP contribution in [0.5, 0.6) is 0 Å². The minimum atomic E-state index is -0.515. The van der Waals surface area contributed by atoms with E-state index in [-0.39, 0.29) is 18.2 Å². The third-order valence-corrected chi connectivity index (χ3v) is 4.43. The van der Waals surface area contributed by atoms with Crippen LogP contribution in [0.15, 0.2) is 36.4 Å². The van der Waals surface area contributed by atoms with Crippen molar-refractivity contribution in [1.82, 2.24) is 0 Å². The van der Waals surface area contributed by atoms with Gasteiger partial charge in [-0.15, -0.1) is 0 Å². The second kappa shape index (κ2) is 6.11. The lowest BCUT2D eigenvalue weighted by atomic mass is 10.0. The van der Waals surface area contributed by atoms with E-state index in [2.05, 4.69) is 17.4 Å². The summed E-state index contributed by atoms with van der Waals surface area (Å²) < 4.78 is 0. The number of hydrogen-bond acceptors (Lipinski definition) is 3. The molecule has 1 aliphatic heterocycles. The first kappa shape index (κ1) is 16.2. The van der Waals surface area contributed by atoms with E-state index in [1.807, 2.05) is 52.0 Å². The van der Waals surface area contributed by atoms with Crippen molar-refractivity contribution in [2.75, 3.05) is 10.2 Å². The van der Waals surface area contributed by atoms with E-state index in [1.54, 1.807) is 0 Å². The van der Waals surface area contributed by atoms with Gasteiger partial charge in [0.05, 0.1) is 12.1 Å². The molecule has 4 nitrogen and oxygen atoms in total. The van der Waals surface area contributed by atoms with Crippen LogP contribution < -0.4 is 10.2 Å². The molecule has 2 aromatic carbocycles. The smallest absolute Gasteiger partial charge is 0.256 e. The zero-order valence-electron chi connectivity index (χ0n) is 14.5. The number of aryl methyl sites for hydroxylation is 4. The van der Waals surface area contributed by atoms with E-state index in [4.69, 9.17) is 0 Å². The third kappa shape index (κ3) is 2.92. The van der Waals surface area contributed by atoms with Crippen molar-refractivity contribution >= 4 is 23.2 Å². The first-order valence-electron chi connectivity index (χ1n) is 8.14. The van der Waals surface area contributed by atoms with Gasteiger partial charge < -0.3 is 5.32 Å². The number of imide groups is 1. The summed E-state index contributed by atoms with van der Waals surface area (Å²) in [7, 11) is 0. The molecule has 2 aromatic rings. The number of rotatable bonds is 3. The molecule has 0 spiro atoms. The van der Waals surface area contributed by atoms with E-state index in [9.17, 15) is 9.59 Å². The standard InChI is InChI=1S/C20H22N2O2/c1-12-5-7-16(8-6-12)22-18(23)11-17(20(22)24)21-19-14(3)9-13(2)10-15(19)4/h5-10,17,21H,11H2,1-4H3/t17-/m0/s1. The van der Waals surface area contributed by atoms with Crippen LogP contribution >= 0.6 is 0 Å². The van der Waals surface area contributed by atoms with Crippen molar-refractivity contribution in [2.24, 2.45) is 0 Å². The number of amides is 2. The lowest BCUT2D eigenvalue weighted by Gasteiger charge is -2.19. The molecular formula is C20H22N2O2. The summed E-state index contributed by atoms with van der Waals surface area (Å²) in [4.78, 5) is 26.4. The van der Waals surface area contributed by atoms with Gasteiger partial charge in [-0.25, -0.2) is 4.90 Å². The van der Waals surface area contributed by atoms with Gasteiger partial charge in [0.25, 0.3) is 5.91 Å². The van der Waals surface area contributed by atoms with Crippen molar-refractivity contribution in [1.29, 1.82) is 0 Å². The van der Waals surface area contributed by atoms with Gasteiger partial charge in [-0.05, 0) is 51.0 Å². The van der Waals surface area contributed by atoms with Gasteiger partial charge in [0.15, 0.2) is 0 Å². The number of carbonyl (C=O) groups is 2. The zero-order chi connectivity index (χ0) is 17.4. The van der Waals surface area contributed by atoms with Gasteiger partial charge in [-0.1, -0.05) is 35.4 Å². The Hall–Kier alpha value is -2.62. The Bertz CT molecular complexity index is 786.